The second kappa shape index (κ2) is 9.50. The number of nitrogens with zero attached hydrogens (tertiary/aromatic N) is 5. The molecule has 0 unspecified atom stereocenters. The van der Waals surface area contributed by atoms with E-state index in [1.54, 1.807) is 0 Å². The molecule has 2 fully saturated rings. The molecular formula is C20H20F2N6O4S3. The van der Waals surface area contributed by atoms with Gasteiger partial charge in [0.15, 0.2) is 4.34 Å². The molecule has 5 rings (SSSR count). The van der Waals surface area contributed by atoms with Crippen LogP contribution in [0.5, 0.6) is 0 Å². The van der Waals surface area contributed by atoms with Gasteiger partial charge in [0.25, 0.3) is 12.3 Å². The number of carboxylic acids is 1. The molecule has 186 valence electrons. The monoisotopic (exact) mass is 542 g/mol. The van der Waals surface area contributed by atoms with Gasteiger partial charge >= 0.3 is 5.97 Å². The van der Waals surface area contributed by atoms with Crippen molar-refractivity contribution in [1.29, 1.82) is 0 Å². The lowest BCUT2D eigenvalue weighted by Gasteiger charge is -2.49. The highest BCUT2D eigenvalue weighted by molar-refractivity contribution is 8.01. The van der Waals surface area contributed by atoms with Crippen molar-refractivity contribution >= 4 is 52.6 Å². The quantitative estimate of drug-likeness (QED) is 0.362. The number of amides is 2. The average Bonchev–Trinajstić information content (AvgIpc) is 3.44. The lowest BCUT2D eigenvalue weighted by molar-refractivity contribution is -0.150. The van der Waals surface area contributed by atoms with Crippen LogP contribution in [0, 0.1) is 6.92 Å². The molecule has 2 aromatic heterocycles. The number of nitrogens with one attached hydrogen (secondary N) is 1. The molecule has 0 spiro atoms. The molecule has 2 aromatic rings. The first kappa shape index (κ1) is 24.2. The zero-order valence-electron chi connectivity index (χ0n) is 18.3. The molecule has 0 radical (unpaired) electrons. The molecule has 2 amide bonds. The van der Waals surface area contributed by atoms with Crippen molar-refractivity contribution in [2.24, 2.45) is 0 Å². The van der Waals surface area contributed by atoms with Gasteiger partial charge in [-0.3, -0.25) is 19.2 Å². The van der Waals surface area contributed by atoms with Crippen molar-refractivity contribution in [3.8, 4) is 0 Å². The Kier molecular flexibility index (Phi) is 6.57. The summed E-state index contributed by atoms with van der Waals surface area (Å²) in [6.45, 7) is 1.54. The highest BCUT2D eigenvalue weighted by Gasteiger charge is 2.54. The van der Waals surface area contributed by atoms with Crippen LogP contribution in [0.25, 0.3) is 0 Å². The summed E-state index contributed by atoms with van der Waals surface area (Å²) < 4.78 is 28.2. The Morgan fingerprint density at radius 3 is 2.74 bits per heavy atom. The number of aliphatic carboxylic acids is 1. The maximum absolute atomic E-state index is 13.1. The van der Waals surface area contributed by atoms with Crippen LogP contribution < -0.4 is 5.32 Å². The minimum Gasteiger partial charge on any atom is -0.477 e. The van der Waals surface area contributed by atoms with Gasteiger partial charge < -0.3 is 10.4 Å². The fraction of sp³-hybridized carbons (Fsp3) is 0.500. The number of thioether (sulfide) groups is 2. The molecule has 0 bridgehead atoms. The molecule has 15 heteroatoms. The van der Waals surface area contributed by atoms with Crippen LogP contribution in [0.2, 0.25) is 0 Å². The highest BCUT2D eigenvalue weighted by atomic mass is 32.2. The first-order chi connectivity index (χ1) is 16.7. The Balaban J connectivity index is 1.25. The van der Waals surface area contributed by atoms with Crippen molar-refractivity contribution in [1.82, 2.24) is 30.2 Å². The third-order valence-corrected chi connectivity index (χ3v) is 9.18. The number of aromatic nitrogens is 4. The molecule has 2 atom stereocenters. The number of β-lactam (4-membered cyclic amide) rings is 1. The Morgan fingerprint density at radius 2 is 2.11 bits per heavy atom. The number of carboxylic acid groups (broad SMARTS) is 1. The molecule has 35 heavy (non-hydrogen) atoms. The topological polar surface area (TPSA) is 130 Å². The van der Waals surface area contributed by atoms with Crippen molar-refractivity contribution in [2.75, 3.05) is 11.5 Å². The van der Waals surface area contributed by atoms with Crippen molar-refractivity contribution in [2.45, 2.75) is 54.4 Å². The molecule has 2 N–H and O–H groups in total. The van der Waals surface area contributed by atoms with Gasteiger partial charge in [-0.25, -0.2) is 13.6 Å². The number of aryl methyl sites for hydroxylation is 1. The third kappa shape index (κ3) is 4.80. The van der Waals surface area contributed by atoms with Gasteiger partial charge in [0, 0.05) is 23.1 Å². The maximum atomic E-state index is 13.1. The second-order valence-corrected chi connectivity index (χ2v) is 11.8. The number of hydrogen-bond acceptors (Lipinski definition) is 9. The summed E-state index contributed by atoms with van der Waals surface area (Å²) in [5.74, 6) is -1.41. The molecule has 2 aliphatic heterocycles. The summed E-state index contributed by atoms with van der Waals surface area (Å²) in [5.41, 5.74) is 0.745. The maximum Gasteiger partial charge on any atom is 0.352 e. The van der Waals surface area contributed by atoms with Gasteiger partial charge in [-0.2, -0.15) is 5.10 Å². The number of fused-ring (bicyclic) bond motifs is 1. The predicted molar refractivity (Wildman–Crippen MR) is 124 cm³/mol. The number of rotatable bonds is 9. The van der Waals surface area contributed by atoms with E-state index >= 15 is 0 Å². The SMILES string of the molecule is Cc1nnc(SCC2=C(C(=O)O)N3C(=O)[C@@H](NC(=O)Cn4nc(C(F)F)cc4C4CC4)[C@@H]3SC2)s1. The van der Waals surface area contributed by atoms with Crippen LogP contribution >= 0.6 is 34.9 Å². The second-order valence-electron chi connectivity index (χ2n) is 8.31. The van der Waals surface area contributed by atoms with E-state index in [2.05, 4.69) is 20.6 Å². The number of halogens is 2. The summed E-state index contributed by atoms with van der Waals surface area (Å²) in [6, 6.07) is 0.437. The van der Waals surface area contributed by atoms with E-state index in [0.29, 0.717) is 27.1 Å². The van der Waals surface area contributed by atoms with Crippen LogP contribution in [0.4, 0.5) is 8.78 Å². The largest absolute Gasteiger partial charge is 0.477 e. The Morgan fingerprint density at radius 1 is 1.34 bits per heavy atom. The summed E-state index contributed by atoms with van der Waals surface area (Å²) in [6.07, 6.45) is -1.02. The first-order valence-electron chi connectivity index (χ1n) is 10.7. The van der Waals surface area contributed by atoms with E-state index < -0.39 is 35.6 Å². The molecule has 1 saturated heterocycles. The number of carbonyl (C=O) groups excluding carboxylic acids is 2. The van der Waals surface area contributed by atoms with E-state index in [-0.39, 0.29) is 23.9 Å². The van der Waals surface area contributed by atoms with Gasteiger partial charge in [0.1, 0.15) is 34.4 Å². The predicted octanol–water partition coefficient (Wildman–Crippen LogP) is 2.39. The molecule has 1 aliphatic carbocycles. The van der Waals surface area contributed by atoms with Crippen molar-refractivity contribution < 1.29 is 28.3 Å². The molecule has 4 heterocycles. The number of carbonyl (C=O) groups is 3. The fourth-order valence-electron chi connectivity index (χ4n) is 4.03. The van der Waals surface area contributed by atoms with Gasteiger partial charge in [-0.15, -0.1) is 22.0 Å². The van der Waals surface area contributed by atoms with Gasteiger partial charge in [-0.1, -0.05) is 23.1 Å². The van der Waals surface area contributed by atoms with E-state index in [1.165, 1.54) is 50.5 Å². The van der Waals surface area contributed by atoms with E-state index in [1.807, 2.05) is 6.92 Å². The van der Waals surface area contributed by atoms with Crippen molar-refractivity contribution in [3.05, 3.63) is 33.7 Å². The summed E-state index contributed by atoms with van der Waals surface area (Å²) in [4.78, 5) is 38.7. The number of alkyl halides is 2. The minimum atomic E-state index is -2.73. The zero-order valence-corrected chi connectivity index (χ0v) is 20.8. The Bertz CT molecular complexity index is 1230. The van der Waals surface area contributed by atoms with Gasteiger partial charge in [0.05, 0.1) is 0 Å². The molecular weight excluding hydrogens is 522 g/mol. The standard InChI is InChI=1S/C20H20F2N6O4S3/c1-8-24-25-20(35-8)34-7-10-6-33-18-14(17(30)28(18)15(10)19(31)32)23-13(29)5-27-12(9-2-3-9)4-11(26-27)16(21)22/h4,9,14,16,18H,2-3,5-7H2,1H3,(H,23,29)(H,31,32)/t14-,18+/m1/s1. The van der Waals surface area contributed by atoms with Gasteiger partial charge in [0.2, 0.25) is 5.91 Å². The minimum absolute atomic E-state index is 0.0670. The first-order valence-corrected chi connectivity index (χ1v) is 13.6. The molecule has 3 aliphatic rings. The van der Waals surface area contributed by atoms with E-state index in [9.17, 15) is 28.3 Å². The van der Waals surface area contributed by atoms with Crippen LogP contribution in [-0.2, 0) is 20.9 Å². The summed E-state index contributed by atoms with van der Waals surface area (Å²) >= 11 is 4.14. The molecule has 10 nitrogen and oxygen atoms in total. The van der Waals surface area contributed by atoms with Gasteiger partial charge in [-0.05, 0) is 31.4 Å². The fourth-order valence-corrected chi connectivity index (χ4v) is 7.33. The normalized spacial score (nSPS) is 21.8. The van der Waals surface area contributed by atoms with Crippen molar-refractivity contribution in [3.63, 3.8) is 0 Å². The Hall–Kier alpha value is -2.52. The zero-order chi connectivity index (χ0) is 24.9. The third-order valence-electron chi connectivity index (χ3n) is 5.79. The molecule has 0 aromatic carbocycles. The average molecular weight is 543 g/mol. The van der Waals surface area contributed by atoms with E-state index in [4.69, 9.17) is 0 Å². The van der Waals surface area contributed by atoms with Crippen LogP contribution in [0.15, 0.2) is 21.7 Å². The van der Waals surface area contributed by atoms with Crippen LogP contribution in [-0.4, -0.2) is 70.7 Å². The van der Waals surface area contributed by atoms with Crippen LogP contribution in [0.3, 0.4) is 0 Å². The summed E-state index contributed by atoms with van der Waals surface area (Å²) in [7, 11) is 0. The lowest BCUT2D eigenvalue weighted by Crippen LogP contribution is -2.70. The smallest absolute Gasteiger partial charge is 0.352 e. The Labute approximate surface area is 210 Å². The lowest BCUT2D eigenvalue weighted by atomic mass is 10.0. The number of hydrogen-bond donors (Lipinski definition) is 2. The molecule has 1 saturated carbocycles. The highest BCUT2D eigenvalue weighted by Crippen LogP contribution is 2.42. The van der Waals surface area contributed by atoms with E-state index in [0.717, 1.165) is 17.8 Å². The summed E-state index contributed by atoms with van der Waals surface area (Å²) in [5, 5.41) is 24.5. The van der Waals surface area contributed by atoms with Crippen LogP contribution in [0.1, 0.15) is 41.6 Å².